The number of likely N-dealkylation sites (N-methyl/N-ethyl adjacent to an activating group) is 2. The molecule has 0 bridgehead atoms. The molecule has 1 unspecified atom stereocenters. The van der Waals surface area contributed by atoms with Crippen molar-refractivity contribution in [1.29, 1.82) is 0 Å². The summed E-state index contributed by atoms with van der Waals surface area (Å²) in [5.41, 5.74) is 0. The summed E-state index contributed by atoms with van der Waals surface area (Å²) in [6, 6.07) is 0.960. The van der Waals surface area contributed by atoms with Crippen molar-refractivity contribution in [1.82, 2.24) is 15.1 Å². The smallest absolute Gasteiger partial charge is 0.317 e. The normalized spacial score (nSPS) is 27.5. The van der Waals surface area contributed by atoms with Gasteiger partial charge >= 0.3 is 6.03 Å². The zero-order valence-electron chi connectivity index (χ0n) is 9.70. The van der Waals surface area contributed by atoms with E-state index in [0.717, 1.165) is 32.4 Å². The van der Waals surface area contributed by atoms with Crippen LogP contribution in [-0.2, 0) is 0 Å². The van der Waals surface area contributed by atoms with Crippen LogP contribution >= 0.6 is 0 Å². The van der Waals surface area contributed by atoms with Crippen molar-refractivity contribution in [3.63, 3.8) is 0 Å². The van der Waals surface area contributed by atoms with Crippen LogP contribution in [0.5, 0.6) is 0 Å². The van der Waals surface area contributed by atoms with Gasteiger partial charge in [-0.3, -0.25) is 0 Å². The van der Waals surface area contributed by atoms with Crippen LogP contribution in [0.25, 0.3) is 0 Å². The molecule has 2 fully saturated rings. The van der Waals surface area contributed by atoms with Crippen molar-refractivity contribution < 1.29 is 4.79 Å². The molecular formula is C11H21N3O. The summed E-state index contributed by atoms with van der Waals surface area (Å²) in [6.07, 6.45) is 4.65. The van der Waals surface area contributed by atoms with E-state index in [1.807, 2.05) is 11.9 Å². The Hall–Kier alpha value is -0.770. The second kappa shape index (κ2) is 4.39. The maximum atomic E-state index is 11.8. The number of nitrogens with zero attached hydrogens (tertiary/aromatic N) is 2. The second-order valence-corrected chi connectivity index (χ2v) is 4.89. The quantitative estimate of drug-likeness (QED) is 0.736. The van der Waals surface area contributed by atoms with E-state index >= 15 is 0 Å². The van der Waals surface area contributed by atoms with Crippen molar-refractivity contribution in [3.8, 4) is 0 Å². The molecule has 2 aliphatic rings. The standard InChI is InChI=1S/C11H21N3O/c1-13-7-3-4-10(8-13)14(2)11(15)12-9-5-6-9/h9-10H,3-8H2,1-2H3,(H,12,15). The largest absolute Gasteiger partial charge is 0.335 e. The summed E-state index contributed by atoms with van der Waals surface area (Å²) in [5, 5.41) is 3.03. The van der Waals surface area contributed by atoms with Gasteiger partial charge in [-0.25, -0.2) is 4.79 Å². The summed E-state index contributed by atoms with van der Waals surface area (Å²) in [4.78, 5) is 16.0. The molecule has 1 N–H and O–H groups in total. The Morgan fingerprint density at radius 3 is 2.73 bits per heavy atom. The second-order valence-electron chi connectivity index (χ2n) is 4.89. The van der Waals surface area contributed by atoms with Crippen molar-refractivity contribution in [3.05, 3.63) is 0 Å². The highest BCUT2D eigenvalue weighted by Gasteiger charge is 2.28. The van der Waals surface area contributed by atoms with Gasteiger partial charge in [-0.05, 0) is 39.3 Å². The summed E-state index contributed by atoms with van der Waals surface area (Å²) in [5.74, 6) is 0. The molecule has 1 saturated heterocycles. The van der Waals surface area contributed by atoms with E-state index in [1.165, 1.54) is 6.42 Å². The Balaban J connectivity index is 1.82. The molecule has 4 heteroatoms. The van der Waals surface area contributed by atoms with E-state index in [0.29, 0.717) is 12.1 Å². The zero-order valence-corrected chi connectivity index (χ0v) is 9.70. The van der Waals surface area contributed by atoms with Gasteiger partial charge in [-0.1, -0.05) is 0 Å². The highest BCUT2D eigenvalue weighted by molar-refractivity contribution is 5.74. The van der Waals surface area contributed by atoms with Gasteiger partial charge in [-0.15, -0.1) is 0 Å². The number of urea groups is 1. The predicted molar refractivity (Wildman–Crippen MR) is 59.8 cm³/mol. The SMILES string of the molecule is CN1CCCC(N(C)C(=O)NC2CC2)C1. The lowest BCUT2D eigenvalue weighted by Gasteiger charge is -2.35. The van der Waals surface area contributed by atoms with Crippen LogP contribution < -0.4 is 5.32 Å². The molecule has 1 aliphatic heterocycles. The molecule has 0 spiro atoms. The first-order valence-electron chi connectivity index (χ1n) is 5.88. The van der Waals surface area contributed by atoms with E-state index < -0.39 is 0 Å². The minimum Gasteiger partial charge on any atom is -0.335 e. The van der Waals surface area contributed by atoms with Crippen LogP contribution in [0.3, 0.4) is 0 Å². The minimum atomic E-state index is 0.109. The average molecular weight is 211 g/mol. The number of rotatable bonds is 2. The number of hydrogen-bond acceptors (Lipinski definition) is 2. The lowest BCUT2D eigenvalue weighted by atomic mass is 10.1. The van der Waals surface area contributed by atoms with Crippen LogP contribution in [0.4, 0.5) is 4.79 Å². The van der Waals surface area contributed by atoms with Crippen LogP contribution in [0.2, 0.25) is 0 Å². The molecule has 0 aromatic carbocycles. The fraction of sp³-hybridized carbons (Fsp3) is 0.909. The molecule has 0 radical (unpaired) electrons. The van der Waals surface area contributed by atoms with Crippen molar-refractivity contribution in [2.24, 2.45) is 0 Å². The Morgan fingerprint density at radius 2 is 2.13 bits per heavy atom. The van der Waals surface area contributed by atoms with E-state index in [2.05, 4.69) is 17.3 Å². The molecule has 1 atom stereocenters. The van der Waals surface area contributed by atoms with E-state index in [1.54, 1.807) is 0 Å². The Kier molecular flexibility index (Phi) is 3.14. The van der Waals surface area contributed by atoms with Crippen LogP contribution in [0.15, 0.2) is 0 Å². The third-order valence-corrected chi connectivity index (χ3v) is 3.37. The van der Waals surface area contributed by atoms with Gasteiger partial charge in [0.2, 0.25) is 0 Å². The molecular weight excluding hydrogens is 190 g/mol. The fourth-order valence-corrected chi connectivity index (χ4v) is 2.13. The van der Waals surface area contributed by atoms with Gasteiger partial charge in [0.15, 0.2) is 0 Å². The van der Waals surface area contributed by atoms with Crippen LogP contribution in [0.1, 0.15) is 25.7 Å². The summed E-state index contributed by atoms with van der Waals surface area (Å²) >= 11 is 0. The number of carbonyl (C=O) groups excluding carboxylic acids is 1. The highest BCUT2D eigenvalue weighted by atomic mass is 16.2. The van der Waals surface area contributed by atoms with Crippen molar-refractivity contribution >= 4 is 6.03 Å². The molecule has 0 aromatic heterocycles. The molecule has 2 amide bonds. The van der Waals surface area contributed by atoms with E-state index in [-0.39, 0.29) is 6.03 Å². The zero-order chi connectivity index (χ0) is 10.8. The average Bonchev–Trinajstić information content (AvgIpc) is 3.00. The third-order valence-electron chi connectivity index (χ3n) is 3.37. The molecule has 1 heterocycles. The molecule has 86 valence electrons. The topological polar surface area (TPSA) is 35.6 Å². The Morgan fingerprint density at radius 1 is 1.40 bits per heavy atom. The van der Waals surface area contributed by atoms with Gasteiger partial charge in [0, 0.05) is 25.7 Å². The number of piperidine rings is 1. The van der Waals surface area contributed by atoms with Gasteiger partial charge in [-0.2, -0.15) is 0 Å². The lowest BCUT2D eigenvalue weighted by molar-refractivity contribution is 0.140. The number of carbonyl (C=O) groups is 1. The van der Waals surface area contributed by atoms with Crippen molar-refractivity contribution in [2.45, 2.75) is 37.8 Å². The molecule has 15 heavy (non-hydrogen) atoms. The van der Waals surface area contributed by atoms with Gasteiger partial charge < -0.3 is 15.1 Å². The number of amides is 2. The van der Waals surface area contributed by atoms with Gasteiger partial charge in [0.05, 0.1) is 0 Å². The predicted octanol–water partition coefficient (Wildman–Crippen LogP) is 0.884. The monoisotopic (exact) mass is 211 g/mol. The highest BCUT2D eigenvalue weighted by Crippen LogP contribution is 2.20. The Bertz CT molecular complexity index is 240. The van der Waals surface area contributed by atoms with E-state index in [4.69, 9.17) is 0 Å². The molecule has 2 rings (SSSR count). The maximum absolute atomic E-state index is 11.8. The number of hydrogen-bond donors (Lipinski definition) is 1. The van der Waals surface area contributed by atoms with Gasteiger partial charge in [0.25, 0.3) is 0 Å². The summed E-state index contributed by atoms with van der Waals surface area (Å²) in [7, 11) is 4.04. The first-order valence-corrected chi connectivity index (χ1v) is 5.88. The third kappa shape index (κ3) is 2.84. The van der Waals surface area contributed by atoms with Gasteiger partial charge in [0.1, 0.15) is 0 Å². The number of nitrogens with one attached hydrogen (secondary N) is 1. The summed E-state index contributed by atoms with van der Waals surface area (Å²) < 4.78 is 0. The summed E-state index contributed by atoms with van der Waals surface area (Å²) in [6.45, 7) is 2.17. The molecule has 0 aromatic rings. The molecule has 1 saturated carbocycles. The van der Waals surface area contributed by atoms with Crippen molar-refractivity contribution in [2.75, 3.05) is 27.2 Å². The van der Waals surface area contributed by atoms with Crippen LogP contribution in [0, 0.1) is 0 Å². The minimum absolute atomic E-state index is 0.109. The van der Waals surface area contributed by atoms with Crippen LogP contribution in [-0.4, -0.2) is 55.1 Å². The molecule has 1 aliphatic carbocycles. The first-order chi connectivity index (χ1) is 7.16. The maximum Gasteiger partial charge on any atom is 0.317 e. The first kappa shape index (κ1) is 10.7. The Labute approximate surface area is 91.6 Å². The fourth-order valence-electron chi connectivity index (χ4n) is 2.13. The lowest BCUT2D eigenvalue weighted by Crippen LogP contribution is -2.50. The van der Waals surface area contributed by atoms with E-state index in [9.17, 15) is 4.79 Å². The number of likely N-dealkylation sites (tertiary alicyclic amines) is 1. The molecule has 4 nitrogen and oxygen atoms in total.